The van der Waals surface area contributed by atoms with E-state index in [1.54, 1.807) is 23.6 Å². The van der Waals surface area contributed by atoms with E-state index in [1.165, 1.54) is 23.1 Å². The molecule has 2 heterocycles. The van der Waals surface area contributed by atoms with Crippen LogP contribution in [0.2, 0.25) is 0 Å². The number of carbonyl (C=O) groups is 2. The van der Waals surface area contributed by atoms with E-state index in [1.807, 2.05) is 42.0 Å². The molecule has 0 bridgehead atoms. The molecule has 0 unspecified atom stereocenters. The van der Waals surface area contributed by atoms with E-state index in [9.17, 15) is 9.59 Å². The van der Waals surface area contributed by atoms with Crippen LogP contribution in [-0.4, -0.2) is 34.3 Å². The molecule has 2 aromatic heterocycles. The predicted octanol–water partition coefficient (Wildman–Crippen LogP) is 4.14. The van der Waals surface area contributed by atoms with Crippen LogP contribution in [-0.2, 0) is 11.3 Å². The van der Waals surface area contributed by atoms with Crippen LogP contribution in [0.15, 0.2) is 53.0 Å². The molecule has 0 spiro atoms. The van der Waals surface area contributed by atoms with Gasteiger partial charge in [-0.25, -0.2) is 9.78 Å². The molecule has 3 rings (SSSR count). The average molecular weight is 402 g/mol. The minimum Gasteiger partial charge on any atom is -0.461 e. The third-order valence-corrected chi connectivity index (χ3v) is 5.29. The van der Waals surface area contributed by atoms with E-state index < -0.39 is 5.97 Å². The number of thioether (sulfide) groups is 1. The first-order valence-corrected chi connectivity index (χ1v) is 10.4. The number of esters is 1. The van der Waals surface area contributed by atoms with Gasteiger partial charge in [-0.1, -0.05) is 48.2 Å². The predicted molar refractivity (Wildman–Crippen MR) is 108 cm³/mol. The average Bonchev–Trinajstić information content (AvgIpc) is 3.31. The van der Waals surface area contributed by atoms with Crippen molar-refractivity contribution >= 4 is 40.8 Å². The lowest BCUT2D eigenvalue weighted by atomic mass is 10.2. The Bertz CT molecular complexity index is 921. The minimum absolute atomic E-state index is 0.215. The zero-order chi connectivity index (χ0) is 19.2. The number of rotatable bonds is 7. The number of carbonyl (C=O) groups excluding carboxylic acids is 2. The zero-order valence-corrected chi connectivity index (χ0v) is 16.6. The van der Waals surface area contributed by atoms with Gasteiger partial charge in [0.1, 0.15) is 0 Å². The zero-order valence-electron chi connectivity index (χ0n) is 15.0. The molecule has 1 aromatic carbocycles. The molecule has 1 N–H and O–H groups in total. The Hall–Kier alpha value is -2.58. The van der Waals surface area contributed by atoms with Crippen molar-refractivity contribution in [1.29, 1.82) is 0 Å². The largest absolute Gasteiger partial charge is 0.461 e. The molecule has 0 saturated heterocycles. The standard InChI is InChI=1S/C19H19N3O3S2/c1-3-25-18(24)15-16(20-17(23)14-10-7-11-27-14)21-19(26-2)22(15)12-13-8-5-4-6-9-13/h4-11H,3,12H2,1-2H3,(H,20,23). The first kappa shape index (κ1) is 19.2. The number of imidazole rings is 1. The van der Waals surface area contributed by atoms with Gasteiger partial charge in [0.2, 0.25) is 0 Å². The van der Waals surface area contributed by atoms with Gasteiger partial charge in [-0.2, -0.15) is 0 Å². The maximum atomic E-state index is 12.6. The first-order valence-electron chi connectivity index (χ1n) is 8.34. The summed E-state index contributed by atoms with van der Waals surface area (Å²) in [7, 11) is 0. The van der Waals surface area contributed by atoms with Gasteiger partial charge < -0.3 is 14.6 Å². The molecule has 140 valence electrons. The Morgan fingerprint density at radius 1 is 1.22 bits per heavy atom. The number of ether oxygens (including phenoxy) is 1. The quantitative estimate of drug-likeness (QED) is 0.476. The van der Waals surface area contributed by atoms with E-state index in [4.69, 9.17) is 4.74 Å². The van der Waals surface area contributed by atoms with Crippen LogP contribution in [0.3, 0.4) is 0 Å². The van der Waals surface area contributed by atoms with E-state index in [0.717, 1.165) is 5.56 Å². The lowest BCUT2D eigenvalue weighted by Gasteiger charge is -2.11. The Labute approximate surface area is 165 Å². The van der Waals surface area contributed by atoms with Crippen LogP contribution in [0.4, 0.5) is 5.82 Å². The minimum atomic E-state index is -0.511. The van der Waals surface area contributed by atoms with Crippen LogP contribution in [0, 0.1) is 0 Å². The molecule has 0 atom stereocenters. The summed E-state index contributed by atoms with van der Waals surface area (Å²) in [5, 5.41) is 5.21. The number of nitrogens with zero attached hydrogens (tertiary/aromatic N) is 2. The number of nitrogens with one attached hydrogen (secondary N) is 1. The topological polar surface area (TPSA) is 73.2 Å². The monoisotopic (exact) mass is 401 g/mol. The van der Waals surface area contributed by atoms with Crippen LogP contribution >= 0.6 is 23.1 Å². The summed E-state index contributed by atoms with van der Waals surface area (Å²) < 4.78 is 7.00. The molecule has 0 aliphatic heterocycles. The Balaban J connectivity index is 2.01. The van der Waals surface area contributed by atoms with Gasteiger partial charge in [0, 0.05) is 0 Å². The molecule has 0 saturated carbocycles. The summed E-state index contributed by atoms with van der Waals surface area (Å²) >= 11 is 2.73. The summed E-state index contributed by atoms with van der Waals surface area (Å²) in [4.78, 5) is 30.1. The van der Waals surface area contributed by atoms with Gasteiger partial charge in [-0.3, -0.25) is 4.79 Å². The van der Waals surface area contributed by atoms with Crippen molar-refractivity contribution in [3.63, 3.8) is 0 Å². The van der Waals surface area contributed by atoms with Crippen molar-refractivity contribution < 1.29 is 14.3 Å². The van der Waals surface area contributed by atoms with Gasteiger partial charge in [-0.05, 0) is 30.2 Å². The van der Waals surface area contributed by atoms with Crippen molar-refractivity contribution in [1.82, 2.24) is 9.55 Å². The van der Waals surface area contributed by atoms with Crippen LogP contribution in [0.5, 0.6) is 0 Å². The smallest absolute Gasteiger partial charge is 0.358 e. The first-order chi connectivity index (χ1) is 13.1. The number of benzene rings is 1. The maximum absolute atomic E-state index is 12.6. The summed E-state index contributed by atoms with van der Waals surface area (Å²) in [6.45, 7) is 2.44. The van der Waals surface area contributed by atoms with E-state index in [2.05, 4.69) is 10.3 Å². The lowest BCUT2D eigenvalue weighted by molar-refractivity contribution is 0.0514. The Morgan fingerprint density at radius 2 is 2.00 bits per heavy atom. The lowest BCUT2D eigenvalue weighted by Crippen LogP contribution is -2.18. The molecule has 0 aliphatic carbocycles. The molecule has 6 nitrogen and oxygen atoms in total. The molecular weight excluding hydrogens is 382 g/mol. The van der Waals surface area contributed by atoms with Crippen LogP contribution in [0.1, 0.15) is 32.6 Å². The van der Waals surface area contributed by atoms with Gasteiger partial charge in [-0.15, -0.1) is 11.3 Å². The highest BCUT2D eigenvalue weighted by Crippen LogP contribution is 2.26. The molecule has 8 heteroatoms. The number of thiophene rings is 1. The van der Waals surface area contributed by atoms with E-state index in [0.29, 0.717) is 16.6 Å². The van der Waals surface area contributed by atoms with Gasteiger partial charge in [0.25, 0.3) is 5.91 Å². The highest BCUT2D eigenvalue weighted by Gasteiger charge is 2.26. The number of amides is 1. The second-order valence-electron chi connectivity index (χ2n) is 5.52. The van der Waals surface area contributed by atoms with Gasteiger partial charge in [0.05, 0.1) is 18.0 Å². The van der Waals surface area contributed by atoms with Gasteiger partial charge >= 0.3 is 5.97 Å². The highest BCUT2D eigenvalue weighted by atomic mass is 32.2. The number of hydrogen-bond donors (Lipinski definition) is 1. The Morgan fingerprint density at radius 3 is 2.63 bits per heavy atom. The summed E-state index contributed by atoms with van der Waals surface area (Å²) in [6, 6.07) is 13.3. The number of hydrogen-bond acceptors (Lipinski definition) is 6. The second-order valence-corrected chi connectivity index (χ2v) is 7.24. The van der Waals surface area contributed by atoms with Crippen molar-refractivity contribution in [3.05, 3.63) is 64.0 Å². The normalized spacial score (nSPS) is 10.6. The second kappa shape index (κ2) is 8.88. The molecule has 0 aliphatic rings. The summed E-state index contributed by atoms with van der Waals surface area (Å²) in [5.74, 6) is -0.595. The molecular formula is C19H19N3O3S2. The van der Waals surface area contributed by atoms with Crippen LogP contribution in [0.25, 0.3) is 0 Å². The maximum Gasteiger partial charge on any atom is 0.358 e. The molecule has 1 amide bonds. The van der Waals surface area contributed by atoms with Crippen molar-refractivity contribution in [2.75, 3.05) is 18.2 Å². The fraction of sp³-hybridized carbons (Fsp3) is 0.211. The third-order valence-electron chi connectivity index (χ3n) is 3.74. The van der Waals surface area contributed by atoms with Crippen molar-refractivity contribution in [2.45, 2.75) is 18.6 Å². The molecule has 3 aromatic rings. The number of anilines is 1. The molecule has 27 heavy (non-hydrogen) atoms. The Kier molecular flexibility index (Phi) is 6.31. The molecule has 0 radical (unpaired) electrons. The fourth-order valence-electron chi connectivity index (χ4n) is 2.57. The summed E-state index contributed by atoms with van der Waals surface area (Å²) in [5.41, 5.74) is 1.27. The van der Waals surface area contributed by atoms with E-state index in [-0.39, 0.29) is 24.0 Å². The SMILES string of the molecule is CCOC(=O)c1c(NC(=O)c2cccs2)nc(SC)n1Cc1ccccc1. The fourth-order valence-corrected chi connectivity index (χ4v) is 3.75. The molecule has 0 fully saturated rings. The third kappa shape index (κ3) is 4.40. The van der Waals surface area contributed by atoms with Crippen molar-refractivity contribution in [3.8, 4) is 0 Å². The van der Waals surface area contributed by atoms with Crippen LogP contribution < -0.4 is 5.32 Å². The van der Waals surface area contributed by atoms with Gasteiger partial charge in [0.15, 0.2) is 16.7 Å². The number of aromatic nitrogens is 2. The highest BCUT2D eigenvalue weighted by molar-refractivity contribution is 7.98. The van der Waals surface area contributed by atoms with Crippen molar-refractivity contribution in [2.24, 2.45) is 0 Å². The summed E-state index contributed by atoms with van der Waals surface area (Å²) in [6.07, 6.45) is 1.88. The van der Waals surface area contributed by atoms with E-state index >= 15 is 0 Å².